The highest BCUT2D eigenvalue weighted by Crippen LogP contribution is 2.27. The summed E-state index contributed by atoms with van der Waals surface area (Å²) in [7, 11) is 0. The second-order valence-electron chi connectivity index (χ2n) is 7.73. The van der Waals surface area contributed by atoms with Crippen LogP contribution in [0.2, 0.25) is 0 Å². The molecule has 0 bridgehead atoms. The number of halogens is 3. The minimum Gasteiger partial charge on any atom is -0.491 e. The molecule has 8 heteroatoms. The van der Waals surface area contributed by atoms with Crippen LogP contribution in [0.15, 0.2) is 55.1 Å². The van der Waals surface area contributed by atoms with Crippen LogP contribution in [0, 0.1) is 0 Å². The number of nitrogens with one attached hydrogen (secondary N) is 1. The van der Waals surface area contributed by atoms with Gasteiger partial charge in [0, 0.05) is 24.4 Å². The molecule has 2 atom stereocenters. The number of hydrogen-bond donors (Lipinski definition) is 2. The van der Waals surface area contributed by atoms with Gasteiger partial charge in [-0.05, 0) is 67.9 Å². The van der Waals surface area contributed by atoms with Crippen LogP contribution in [0.1, 0.15) is 25.8 Å². The minimum absolute atomic E-state index is 0.00539. The van der Waals surface area contributed by atoms with Crippen molar-refractivity contribution in [1.29, 1.82) is 0 Å². The van der Waals surface area contributed by atoms with Crippen molar-refractivity contribution in [2.24, 2.45) is 0 Å². The monoisotopic (exact) mass is 436 g/mol. The van der Waals surface area contributed by atoms with Gasteiger partial charge in [-0.25, -0.2) is 0 Å². The zero-order valence-electron chi connectivity index (χ0n) is 17.5. The Labute approximate surface area is 180 Å². The lowest BCUT2D eigenvalue weighted by Crippen LogP contribution is -2.40. The molecular weight excluding hydrogens is 409 g/mol. The number of hydrogen-bond acceptors (Lipinski definition) is 5. The summed E-state index contributed by atoms with van der Waals surface area (Å²) < 4.78 is 49.1. The van der Waals surface area contributed by atoms with Gasteiger partial charge < -0.3 is 24.8 Å². The van der Waals surface area contributed by atoms with Crippen molar-refractivity contribution >= 4 is 11.4 Å². The van der Waals surface area contributed by atoms with Crippen molar-refractivity contribution in [3.63, 3.8) is 0 Å². The number of aliphatic hydroxyl groups excluding tert-OH is 1. The number of rotatable bonds is 8. The van der Waals surface area contributed by atoms with Gasteiger partial charge in [0.1, 0.15) is 17.6 Å². The van der Waals surface area contributed by atoms with E-state index >= 15 is 0 Å². The van der Waals surface area contributed by atoms with Crippen LogP contribution in [0.4, 0.5) is 18.9 Å². The zero-order chi connectivity index (χ0) is 22.6. The highest BCUT2D eigenvalue weighted by Gasteiger charge is 2.38. The molecule has 2 aromatic rings. The number of nitrogens with zero attached hydrogens (tertiary/aromatic N) is 1. The molecule has 0 saturated carbocycles. The fourth-order valence-electron chi connectivity index (χ4n) is 3.32. The molecule has 1 unspecified atom stereocenters. The summed E-state index contributed by atoms with van der Waals surface area (Å²) in [4.78, 5) is 2.24. The van der Waals surface area contributed by atoms with E-state index in [2.05, 4.69) is 11.5 Å². The number of alkyl halides is 3. The first-order valence-electron chi connectivity index (χ1n) is 10.1. The van der Waals surface area contributed by atoms with E-state index in [-0.39, 0.29) is 17.9 Å². The fraction of sp³-hybridized carbons (Fsp3) is 0.391. The van der Waals surface area contributed by atoms with Gasteiger partial charge in [-0.1, -0.05) is 6.58 Å². The molecule has 1 aliphatic rings. The molecule has 168 valence electrons. The van der Waals surface area contributed by atoms with Gasteiger partial charge in [0.15, 0.2) is 0 Å². The van der Waals surface area contributed by atoms with Crippen LogP contribution in [0.5, 0.6) is 11.5 Å². The Morgan fingerprint density at radius 1 is 1.10 bits per heavy atom. The zero-order valence-corrected chi connectivity index (χ0v) is 17.5. The Bertz CT molecular complexity index is 867. The highest BCUT2D eigenvalue weighted by molar-refractivity contribution is 5.62. The Hall–Kier alpha value is -2.87. The smallest absolute Gasteiger partial charge is 0.433 e. The third kappa shape index (κ3) is 6.30. The van der Waals surface area contributed by atoms with Gasteiger partial charge in [-0.15, -0.1) is 0 Å². The Morgan fingerprint density at radius 2 is 1.71 bits per heavy atom. The lowest BCUT2D eigenvalue weighted by atomic mass is 10.1. The first kappa shape index (κ1) is 22.8. The van der Waals surface area contributed by atoms with Crippen LogP contribution < -0.4 is 19.7 Å². The van der Waals surface area contributed by atoms with Crippen molar-refractivity contribution in [2.75, 3.05) is 18.0 Å². The van der Waals surface area contributed by atoms with Crippen molar-refractivity contribution in [3.05, 3.63) is 60.7 Å². The Kier molecular flexibility index (Phi) is 7.00. The van der Waals surface area contributed by atoms with Gasteiger partial charge in [-0.3, -0.25) is 0 Å². The highest BCUT2D eigenvalue weighted by atomic mass is 19.4. The maximum absolute atomic E-state index is 12.5. The first-order valence-corrected chi connectivity index (χ1v) is 10.1. The molecule has 1 saturated heterocycles. The van der Waals surface area contributed by atoms with E-state index in [1.807, 2.05) is 43.4 Å². The summed E-state index contributed by atoms with van der Waals surface area (Å²) in [5.41, 5.74) is 1.52. The molecule has 0 amide bonds. The summed E-state index contributed by atoms with van der Waals surface area (Å²) in [5.74, 6) is 1.46. The van der Waals surface area contributed by atoms with E-state index in [9.17, 15) is 13.2 Å². The van der Waals surface area contributed by atoms with Crippen LogP contribution >= 0.6 is 0 Å². The average molecular weight is 436 g/mol. The molecule has 1 fully saturated rings. The molecular formula is C23H27F3N2O3. The topological polar surface area (TPSA) is 54.0 Å². The molecule has 31 heavy (non-hydrogen) atoms. The molecule has 0 aliphatic carbocycles. The second kappa shape index (κ2) is 9.51. The molecule has 0 aromatic heterocycles. The van der Waals surface area contributed by atoms with Gasteiger partial charge >= 0.3 is 6.18 Å². The molecule has 5 nitrogen and oxygen atoms in total. The van der Waals surface area contributed by atoms with Gasteiger partial charge in [0.25, 0.3) is 0 Å². The predicted molar refractivity (Wildman–Crippen MR) is 114 cm³/mol. The Morgan fingerprint density at radius 3 is 2.29 bits per heavy atom. The van der Waals surface area contributed by atoms with Gasteiger partial charge in [0.05, 0.1) is 12.6 Å². The molecule has 0 radical (unpaired) electrons. The van der Waals surface area contributed by atoms with E-state index in [4.69, 9.17) is 14.6 Å². The first-order chi connectivity index (χ1) is 14.6. The molecule has 1 aliphatic heterocycles. The molecule has 0 spiro atoms. The molecule has 3 rings (SSSR count). The van der Waals surface area contributed by atoms with E-state index < -0.39 is 12.4 Å². The number of aliphatic hydroxyl groups is 1. The van der Waals surface area contributed by atoms with Crippen LogP contribution in [0.25, 0.3) is 5.70 Å². The summed E-state index contributed by atoms with van der Waals surface area (Å²) in [6.45, 7) is 9.12. The minimum atomic E-state index is -4.76. The normalized spacial score (nSPS) is 17.5. The molecule has 2 N–H and O–H groups in total. The summed E-state index contributed by atoms with van der Waals surface area (Å²) in [6, 6.07) is 14.6. The fourth-order valence-corrected chi connectivity index (χ4v) is 3.32. The van der Waals surface area contributed by atoms with Gasteiger partial charge in [-0.2, -0.15) is 13.2 Å². The van der Waals surface area contributed by atoms with Crippen molar-refractivity contribution < 1.29 is 27.8 Å². The maximum atomic E-state index is 12.5. The summed E-state index contributed by atoms with van der Waals surface area (Å²) >= 11 is 0. The van der Waals surface area contributed by atoms with Crippen molar-refractivity contribution in [3.8, 4) is 11.5 Å². The standard InChI is InChI=1S/C23H27F3N2O3/c1-15(2)30-19-10-6-18(7-11-19)28-13-12-21(14-28)31-20-8-4-17(5-9-20)16(3)27-22(29)23(24,25)26/h4-11,15,21-22,27,29H,3,12-14H2,1-2H3/t21-,22?/m1/s1. The van der Waals surface area contributed by atoms with Crippen molar-refractivity contribution in [1.82, 2.24) is 5.32 Å². The van der Waals surface area contributed by atoms with E-state index in [1.54, 1.807) is 24.3 Å². The Balaban J connectivity index is 1.52. The van der Waals surface area contributed by atoms with E-state index in [1.165, 1.54) is 0 Å². The predicted octanol–water partition coefficient (Wildman–Crippen LogP) is 4.57. The third-order valence-corrected chi connectivity index (χ3v) is 4.85. The average Bonchev–Trinajstić information content (AvgIpc) is 3.16. The SMILES string of the molecule is C=C(NC(O)C(F)(F)F)c1ccc(O[C@@H]2CCN(c3ccc(OC(C)C)cc3)C2)cc1. The quantitative estimate of drug-likeness (QED) is 0.594. The molecule has 1 heterocycles. The van der Waals surface area contributed by atoms with Crippen LogP contribution in [0.3, 0.4) is 0 Å². The number of anilines is 1. The second-order valence-corrected chi connectivity index (χ2v) is 7.73. The number of benzene rings is 2. The van der Waals surface area contributed by atoms with Crippen LogP contribution in [-0.4, -0.2) is 42.8 Å². The van der Waals surface area contributed by atoms with E-state index in [0.717, 1.165) is 30.9 Å². The van der Waals surface area contributed by atoms with Gasteiger partial charge in [0.2, 0.25) is 6.23 Å². The lowest BCUT2D eigenvalue weighted by Gasteiger charge is -2.20. The largest absolute Gasteiger partial charge is 0.491 e. The maximum Gasteiger partial charge on any atom is 0.433 e. The van der Waals surface area contributed by atoms with Crippen LogP contribution in [-0.2, 0) is 0 Å². The third-order valence-electron chi connectivity index (χ3n) is 4.85. The van der Waals surface area contributed by atoms with Crippen molar-refractivity contribution in [2.45, 2.75) is 44.9 Å². The number of ether oxygens (including phenoxy) is 2. The lowest BCUT2D eigenvalue weighted by molar-refractivity contribution is -0.209. The molecule has 2 aromatic carbocycles. The summed E-state index contributed by atoms with van der Waals surface area (Å²) in [5, 5.41) is 11.0. The summed E-state index contributed by atoms with van der Waals surface area (Å²) in [6.07, 6.45) is -6.43. The van der Waals surface area contributed by atoms with E-state index in [0.29, 0.717) is 11.3 Å².